The Hall–Kier alpha value is -2.69. The summed E-state index contributed by atoms with van der Waals surface area (Å²) in [5.41, 5.74) is 5.24. The predicted molar refractivity (Wildman–Crippen MR) is 124 cm³/mol. The molecule has 0 aliphatic heterocycles. The van der Waals surface area contributed by atoms with Gasteiger partial charge < -0.3 is 15.2 Å². The van der Waals surface area contributed by atoms with Crippen LogP contribution >= 0.6 is 15.9 Å². The highest BCUT2D eigenvalue weighted by Crippen LogP contribution is 2.53. The Bertz CT molecular complexity index is 1010. The molecule has 7 heteroatoms. The maximum atomic E-state index is 13.7. The second-order valence-corrected chi connectivity index (χ2v) is 9.08. The molecule has 0 heterocycles. The number of nitrogens with two attached hydrogens (primary N) is 1. The lowest BCUT2D eigenvalue weighted by molar-refractivity contribution is -0.162. The molecule has 0 spiro atoms. The molecule has 0 radical (unpaired) electrons. The highest BCUT2D eigenvalue weighted by molar-refractivity contribution is 9.10. The quantitative estimate of drug-likeness (QED) is 0.436. The molecule has 2 unspecified atom stereocenters. The lowest BCUT2D eigenvalue weighted by atomic mass is 9.54. The predicted octanol–water partition coefficient (Wildman–Crippen LogP) is 4.76. The summed E-state index contributed by atoms with van der Waals surface area (Å²) >= 11 is 3.42. The Labute approximate surface area is 196 Å². The van der Waals surface area contributed by atoms with Crippen LogP contribution in [0.2, 0.25) is 0 Å². The van der Waals surface area contributed by atoms with Gasteiger partial charge in [-0.15, -0.1) is 0 Å². The lowest BCUT2D eigenvalue weighted by Gasteiger charge is -2.50. The minimum atomic E-state index is -1.58. The number of hydrogen-bond donors (Lipinski definition) is 1. The van der Waals surface area contributed by atoms with Crippen LogP contribution in [-0.4, -0.2) is 26.0 Å². The molecule has 168 valence electrons. The van der Waals surface area contributed by atoms with Crippen molar-refractivity contribution in [3.8, 4) is 11.8 Å². The molecule has 3 rings (SSSR count). The zero-order chi connectivity index (χ0) is 23.4. The van der Waals surface area contributed by atoms with Gasteiger partial charge in [0.05, 0.1) is 31.2 Å². The summed E-state index contributed by atoms with van der Waals surface area (Å²) in [5, 5.41) is 10.3. The number of ether oxygens (including phenoxy) is 2. The second-order valence-electron chi connectivity index (χ2n) is 8.17. The topological polar surface area (TPSA) is 102 Å². The number of halogens is 1. The largest absolute Gasteiger partial charge is 0.497 e. The third-order valence-electron chi connectivity index (χ3n) is 6.62. The van der Waals surface area contributed by atoms with Gasteiger partial charge in [-0.25, -0.2) is 0 Å². The van der Waals surface area contributed by atoms with E-state index in [2.05, 4.69) is 22.0 Å². The van der Waals surface area contributed by atoms with Crippen LogP contribution in [0.1, 0.15) is 48.0 Å². The Kier molecular flexibility index (Phi) is 7.37. The molecule has 1 aliphatic rings. The molecular formula is C25H27BrN2O4. The molecule has 0 saturated heterocycles. The Balaban J connectivity index is 2.22. The van der Waals surface area contributed by atoms with Crippen LogP contribution in [0.4, 0.5) is 0 Å². The molecule has 2 atom stereocenters. The standard InChI is InChI=1S/C25H27BrN2O4/c1-31-20-12-6-17(7-13-20)22(29)21(16-27)25(28,18-8-10-19(26)11-9-18)24(23(30)32-2)14-4-3-5-15-24/h6-13,21H,3-5,14-15,28H2,1-2H3. The van der Waals surface area contributed by atoms with E-state index in [1.165, 1.54) is 14.2 Å². The van der Waals surface area contributed by atoms with Crippen LogP contribution in [0.15, 0.2) is 53.0 Å². The van der Waals surface area contributed by atoms with E-state index in [4.69, 9.17) is 15.2 Å². The van der Waals surface area contributed by atoms with Crippen LogP contribution < -0.4 is 10.5 Å². The second kappa shape index (κ2) is 9.85. The molecule has 0 bridgehead atoms. The number of esters is 1. The van der Waals surface area contributed by atoms with E-state index in [1.54, 1.807) is 48.5 Å². The van der Waals surface area contributed by atoms with E-state index in [-0.39, 0.29) is 0 Å². The third kappa shape index (κ3) is 4.05. The summed E-state index contributed by atoms with van der Waals surface area (Å²) in [4.78, 5) is 26.9. The molecule has 1 saturated carbocycles. The van der Waals surface area contributed by atoms with Gasteiger partial charge >= 0.3 is 5.97 Å². The van der Waals surface area contributed by atoms with Crippen molar-refractivity contribution in [2.24, 2.45) is 17.1 Å². The van der Waals surface area contributed by atoms with E-state index >= 15 is 0 Å². The van der Waals surface area contributed by atoms with Crippen molar-refractivity contribution in [3.05, 3.63) is 64.1 Å². The van der Waals surface area contributed by atoms with Crippen molar-refractivity contribution in [3.63, 3.8) is 0 Å². The van der Waals surface area contributed by atoms with Gasteiger partial charge in [-0.3, -0.25) is 9.59 Å². The average Bonchev–Trinajstić information content (AvgIpc) is 2.84. The molecule has 1 fully saturated rings. The van der Waals surface area contributed by atoms with Crippen LogP contribution in [0.25, 0.3) is 0 Å². The zero-order valence-electron chi connectivity index (χ0n) is 18.3. The van der Waals surface area contributed by atoms with E-state index in [1.807, 2.05) is 0 Å². The van der Waals surface area contributed by atoms with Crippen LogP contribution in [-0.2, 0) is 15.1 Å². The molecule has 32 heavy (non-hydrogen) atoms. The molecule has 0 amide bonds. The first-order valence-electron chi connectivity index (χ1n) is 10.6. The summed E-state index contributed by atoms with van der Waals surface area (Å²) in [5.74, 6) is -1.62. The number of Topliss-reactive ketones (excluding diaryl/α,β-unsaturated/α-hetero) is 1. The van der Waals surface area contributed by atoms with Gasteiger partial charge in [-0.2, -0.15) is 5.26 Å². The summed E-state index contributed by atoms with van der Waals surface area (Å²) in [7, 11) is 2.86. The number of hydrogen-bond acceptors (Lipinski definition) is 6. The van der Waals surface area contributed by atoms with E-state index < -0.39 is 28.6 Å². The molecule has 2 aromatic carbocycles. The number of methoxy groups -OCH3 is 2. The lowest BCUT2D eigenvalue weighted by Crippen LogP contribution is -2.63. The van der Waals surface area contributed by atoms with Gasteiger partial charge in [-0.05, 0) is 54.8 Å². The third-order valence-corrected chi connectivity index (χ3v) is 7.15. The van der Waals surface area contributed by atoms with E-state index in [0.717, 1.165) is 23.7 Å². The first-order chi connectivity index (χ1) is 15.3. The first kappa shape index (κ1) is 24.0. The van der Waals surface area contributed by atoms with Gasteiger partial charge in [0.1, 0.15) is 11.7 Å². The normalized spacial score (nSPS) is 18.0. The van der Waals surface area contributed by atoms with Crippen molar-refractivity contribution in [1.29, 1.82) is 5.26 Å². The molecule has 2 N–H and O–H groups in total. The van der Waals surface area contributed by atoms with Gasteiger partial charge in [0.2, 0.25) is 0 Å². The van der Waals surface area contributed by atoms with Gasteiger partial charge in [0.15, 0.2) is 5.78 Å². The molecule has 6 nitrogen and oxygen atoms in total. The highest BCUT2D eigenvalue weighted by Gasteiger charge is 2.61. The Morgan fingerprint density at radius 1 is 1.06 bits per heavy atom. The summed E-state index contributed by atoms with van der Waals surface area (Å²) in [6, 6.07) is 15.9. The summed E-state index contributed by atoms with van der Waals surface area (Å²) in [6.07, 6.45) is 3.37. The number of nitrogens with zero attached hydrogens (tertiary/aromatic N) is 1. The van der Waals surface area contributed by atoms with Crippen molar-refractivity contribution in [2.45, 2.75) is 37.6 Å². The number of ketones is 1. The average molecular weight is 499 g/mol. The number of nitriles is 1. The van der Waals surface area contributed by atoms with Crippen molar-refractivity contribution < 1.29 is 19.1 Å². The summed E-state index contributed by atoms with van der Waals surface area (Å²) < 4.78 is 11.2. The van der Waals surface area contributed by atoms with Crippen molar-refractivity contribution in [1.82, 2.24) is 0 Å². The molecular weight excluding hydrogens is 472 g/mol. The molecule has 1 aliphatic carbocycles. The smallest absolute Gasteiger partial charge is 0.314 e. The SMILES string of the molecule is COC(=O)C1(C(N)(c2ccc(Br)cc2)C(C#N)C(=O)c2ccc(OC)cc2)CCCCC1. The maximum Gasteiger partial charge on any atom is 0.314 e. The highest BCUT2D eigenvalue weighted by atomic mass is 79.9. The monoisotopic (exact) mass is 498 g/mol. The number of benzene rings is 2. The first-order valence-corrected chi connectivity index (χ1v) is 11.3. The number of carbonyl (C=O) groups is 2. The molecule has 0 aromatic heterocycles. The van der Waals surface area contributed by atoms with Crippen molar-refractivity contribution in [2.75, 3.05) is 14.2 Å². The van der Waals surface area contributed by atoms with E-state index in [0.29, 0.717) is 29.7 Å². The van der Waals surface area contributed by atoms with Gasteiger partial charge in [0.25, 0.3) is 0 Å². The van der Waals surface area contributed by atoms with Crippen LogP contribution in [0.5, 0.6) is 5.75 Å². The number of carbonyl (C=O) groups excluding carboxylic acids is 2. The molecule has 2 aromatic rings. The minimum Gasteiger partial charge on any atom is -0.497 e. The Morgan fingerprint density at radius 3 is 2.16 bits per heavy atom. The fourth-order valence-electron chi connectivity index (χ4n) is 4.87. The minimum absolute atomic E-state index is 0.333. The van der Waals surface area contributed by atoms with Crippen LogP contribution in [0.3, 0.4) is 0 Å². The van der Waals surface area contributed by atoms with Gasteiger partial charge in [-0.1, -0.05) is 47.3 Å². The number of rotatable bonds is 7. The maximum absolute atomic E-state index is 13.7. The Morgan fingerprint density at radius 2 is 1.66 bits per heavy atom. The van der Waals surface area contributed by atoms with Crippen LogP contribution in [0, 0.1) is 22.7 Å². The zero-order valence-corrected chi connectivity index (χ0v) is 19.9. The fraction of sp³-hybridized carbons (Fsp3) is 0.400. The van der Waals surface area contributed by atoms with E-state index in [9.17, 15) is 14.9 Å². The fourth-order valence-corrected chi connectivity index (χ4v) is 5.14. The van der Waals surface area contributed by atoms with Gasteiger partial charge in [0, 0.05) is 10.0 Å². The van der Waals surface area contributed by atoms with Crippen molar-refractivity contribution >= 4 is 27.7 Å². The summed E-state index contributed by atoms with van der Waals surface area (Å²) in [6.45, 7) is 0.